The van der Waals surface area contributed by atoms with Crippen LogP contribution in [0.3, 0.4) is 0 Å². The number of likely N-dealkylation sites (tertiary alicyclic amines) is 1. The van der Waals surface area contributed by atoms with Crippen molar-refractivity contribution in [2.75, 3.05) is 26.2 Å². The lowest BCUT2D eigenvalue weighted by atomic mass is 10.1. The molecule has 0 aromatic carbocycles. The van der Waals surface area contributed by atoms with Crippen LogP contribution < -0.4 is 11.1 Å². The molecule has 1 aliphatic heterocycles. The monoisotopic (exact) mass is 171 g/mol. The molecule has 0 aliphatic carbocycles. The topological polar surface area (TPSA) is 41.3 Å². The molecule has 3 N–H and O–H groups in total. The SMILES string of the molecule is CC(NCCN)N1CCCCC1. The smallest absolute Gasteiger partial charge is 0.0568 e. The van der Waals surface area contributed by atoms with Crippen LogP contribution in [0.25, 0.3) is 0 Å². The molecule has 3 heteroatoms. The summed E-state index contributed by atoms with van der Waals surface area (Å²) in [4.78, 5) is 2.50. The number of nitrogens with zero attached hydrogens (tertiary/aromatic N) is 1. The third-order valence-corrected chi connectivity index (χ3v) is 2.52. The first-order valence-electron chi connectivity index (χ1n) is 5.02. The maximum absolute atomic E-state index is 5.43. The van der Waals surface area contributed by atoms with Gasteiger partial charge in [-0.2, -0.15) is 0 Å². The second kappa shape index (κ2) is 5.51. The Kier molecular flexibility index (Phi) is 4.58. The van der Waals surface area contributed by atoms with E-state index in [0.717, 1.165) is 13.1 Å². The van der Waals surface area contributed by atoms with Crippen molar-refractivity contribution in [1.82, 2.24) is 10.2 Å². The molecule has 0 spiro atoms. The van der Waals surface area contributed by atoms with E-state index >= 15 is 0 Å². The Labute approximate surface area is 75.3 Å². The van der Waals surface area contributed by atoms with Crippen LogP contribution in [0.2, 0.25) is 0 Å². The van der Waals surface area contributed by atoms with Crippen molar-refractivity contribution < 1.29 is 0 Å². The van der Waals surface area contributed by atoms with Crippen LogP contribution in [0.5, 0.6) is 0 Å². The summed E-state index contributed by atoms with van der Waals surface area (Å²) < 4.78 is 0. The molecule has 0 bridgehead atoms. The number of hydrogen-bond donors (Lipinski definition) is 2. The number of piperidine rings is 1. The van der Waals surface area contributed by atoms with Gasteiger partial charge >= 0.3 is 0 Å². The molecule has 1 rings (SSSR count). The highest BCUT2D eigenvalue weighted by molar-refractivity contribution is 4.69. The predicted molar refractivity (Wildman–Crippen MR) is 51.9 cm³/mol. The van der Waals surface area contributed by atoms with Gasteiger partial charge in [0.2, 0.25) is 0 Å². The second-order valence-electron chi connectivity index (χ2n) is 3.52. The lowest BCUT2D eigenvalue weighted by Gasteiger charge is -2.32. The maximum atomic E-state index is 5.43. The Morgan fingerprint density at radius 1 is 1.33 bits per heavy atom. The third-order valence-electron chi connectivity index (χ3n) is 2.52. The van der Waals surface area contributed by atoms with Gasteiger partial charge < -0.3 is 11.1 Å². The predicted octanol–water partition coefficient (Wildman–Crippen LogP) is 0.367. The zero-order valence-corrected chi connectivity index (χ0v) is 8.05. The summed E-state index contributed by atoms with van der Waals surface area (Å²) in [5, 5.41) is 3.40. The number of nitrogens with one attached hydrogen (secondary N) is 1. The summed E-state index contributed by atoms with van der Waals surface area (Å²) in [5.74, 6) is 0. The molecule has 1 heterocycles. The Hall–Kier alpha value is -0.120. The van der Waals surface area contributed by atoms with Gasteiger partial charge in [-0.3, -0.25) is 4.90 Å². The van der Waals surface area contributed by atoms with Gasteiger partial charge in [0, 0.05) is 13.1 Å². The Morgan fingerprint density at radius 3 is 2.58 bits per heavy atom. The van der Waals surface area contributed by atoms with Gasteiger partial charge in [0.1, 0.15) is 0 Å². The number of hydrogen-bond acceptors (Lipinski definition) is 3. The third kappa shape index (κ3) is 3.09. The molecule has 0 amide bonds. The van der Waals surface area contributed by atoms with E-state index in [4.69, 9.17) is 5.73 Å². The van der Waals surface area contributed by atoms with Crippen molar-refractivity contribution in [3.8, 4) is 0 Å². The van der Waals surface area contributed by atoms with E-state index in [1.807, 2.05) is 0 Å². The lowest BCUT2D eigenvalue weighted by Crippen LogP contribution is -2.47. The van der Waals surface area contributed by atoms with Crippen LogP contribution in [0.1, 0.15) is 26.2 Å². The van der Waals surface area contributed by atoms with Crippen LogP contribution in [0.4, 0.5) is 0 Å². The number of nitrogens with two attached hydrogens (primary N) is 1. The van der Waals surface area contributed by atoms with E-state index in [9.17, 15) is 0 Å². The first-order valence-corrected chi connectivity index (χ1v) is 5.02. The summed E-state index contributed by atoms with van der Waals surface area (Å²) in [6.07, 6.45) is 4.62. The average Bonchev–Trinajstić information content (AvgIpc) is 2.15. The highest BCUT2D eigenvalue weighted by Gasteiger charge is 2.14. The summed E-state index contributed by atoms with van der Waals surface area (Å²) in [5.41, 5.74) is 5.43. The van der Waals surface area contributed by atoms with E-state index in [1.165, 1.54) is 32.4 Å². The highest BCUT2D eigenvalue weighted by Crippen LogP contribution is 2.10. The van der Waals surface area contributed by atoms with Crippen molar-refractivity contribution in [3.05, 3.63) is 0 Å². The van der Waals surface area contributed by atoms with Gasteiger partial charge in [-0.05, 0) is 32.9 Å². The average molecular weight is 171 g/mol. The Morgan fingerprint density at radius 2 is 2.00 bits per heavy atom. The first-order chi connectivity index (χ1) is 5.84. The standard InChI is InChI=1S/C9H21N3/c1-9(11-6-5-10)12-7-3-2-4-8-12/h9,11H,2-8,10H2,1H3. The number of rotatable bonds is 4. The molecule has 3 nitrogen and oxygen atoms in total. The second-order valence-corrected chi connectivity index (χ2v) is 3.52. The van der Waals surface area contributed by atoms with Crippen molar-refractivity contribution in [1.29, 1.82) is 0 Å². The summed E-state index contributed by atoms with van der Waals surface area (Å²) >= 11 is 0. The quantitative estimate of drug-likeness (QED) is 0.642. The van der Waals surface area contributed by atoms with Crippen molar-refractivity contribution in [2.24, 2.45) is 5.73 Å². The molecule has 1 saturated heterocycles. The molecule has 0 aromatic heterocycles. The normalized spacial score (nSPS) is 22.5. The molecule has 72 valence electrons. The minimum absolute atomic E-state index is 0.508. The summed E-state index contributed by atoms with van der Waals surface area (Å²) in [6, 6.07) is 0. The molecule has 0 saturated carbocycles. The zero-order chi connectivity index (χ0) is 8.81. The lowest BCUT2D eigenvalue weighted by molar-refractivity contribution is 0.150. The maximum Gasteiger partial charge on any atom is 0.0568 e. The largest absolute Gasteiger partial charge is 0.329 e. The zero-order valence-electron chi connectivity index (χ0n) is 8.05. The van der Waals surface area contributed by atoms with Crippen LogP contribution in [-0.2, 0) is 0 Å². The minimum atomic E-state index is 0.508. The van der Waals surface area contributed by atoms with Crippen LogP contribution in [0, 0.1) is 0 Å². The molecule has 0 aromatic rings. The summed E-state index contributed by atoms with van der Waals surface area (Å²) in [7, 11) is 0. The minimum Gasteiger partial charge on any atom is -0.329 e. The van der Waals surface area contributed by atoms with Crippen molar-refractivity contribution in [2.45, 2.75) is 32.4 Å². The van der Waals surface area contributed by atoms with Crippen LogP contribution in [0.15, 0.2) is 0 Å². The molecular weight excluding hydrogens is 150 g/mol. The van der Waals surface area contributed by atoms with Crippen LogP contribution in [-0.4, -0.2) is 37.2 Å². The van der Waals surface area contributed by atoms with E-state index in [-0.39, 0.29) is 0 Å². The van der Waals surface area contributed by atoms with Gasteiger partial charge in [0.15, 0.2) is 0 Å². The molecule has 1 aliphatic rings. The van der Waals surface area contributed by atoms with E-state index in [1.54, 1.807) is 0 Å². The molecule has 12 heavy (non-hydrogen) atoms. The Bertz CT molecular complexity index is 110. The molecular formula is C9H21N3. The van der Waals surface area contributed by atoms with Crippen molar-refractivity contribution in [3.63, 3.8) is 0 Å². The first kappa shape index (κ1) is 9.96. The molecule has 1 fully saturated rings. The fourth-order valence-electron chi connectivity index (χ4n) is 1.73. The van der Waals surface area contributed by atoms with Gasteiger partial charge in [0.25, 0.3) is 0 Å². The molecule has 1 atom stereocenters. The van der Waals surface area contributed by atoms with Gasteiger partial charge in [-0.15, -0.1) is 0 Å². The fraction of sp³-hybridized carbons (Fsp3) is 1.00. The van der Waals surface area contributed by atoms with Crippen LogP contribution >= 0.6 is 0 Å². The van der Waals surface area contributed by atoms with Gasteiger partial charge in [-0.25, -0.2) is 0 Å². The van der Waals surface area contributed by atoms with E-state index in [2.05, 4.69) is 17.1 Å². The van der Waals surface area contributed by atoms with Crippen molar-refractivity contribution >= 4 is 0 Å². The van der Waals surface area contributed by atoms with E-state index < -0.39 is 0 Å². The summed E-state index contributed by atoms with van der Waals surface area (Å²) in [6.45, 7) is 6.38. The van der Waals surface area contributed by atoms with Gasteiger partial charge in [-0.1, -0.05) is 6.42 Å². The van der Waals surface area contributed by atoms with E-state index in [0.29, 0.717) is 6.17 Å². The molecule has 0 radical (unpaired) electrons. The fourth-order valence-corrected chi connectivity index (χ4v) is 1.73. The highest BCUT2D eigenvalue weighted by atomic mass is 15.3. The molecule has 1 unspecified atom stereocenters. The van der Waals surface area contributed by atoms with Gasteiger partial charge in [0.05, 0.1) is 6.17 Å². The Balaban J connectivity index is 2.15.